The van der Waals surface area contributed by atoms with Crippen LogP contribution in [-0.4, -0.2) is 61.8 Å². The Hall–Kier alpha value is -1.40. The molecule has 0 amide bonds. The number of anilines is 2. The Balaban J connectivity index is 1.85. The summed E-state index contributed by atoms with van der Waals surface area (Å²) < 4.78 is 5.16. The SMILES string of the molecule is COCCN1CCCC(CN(C)c2cncc(N)n2)C1. The predicted octanol–water partition coefficient (Wildman–Crippen LogP) is 0.853. The standard InChI is InChI=1S/C14H25N5O/c1-18(14-9-16-8-13(15)17-14)10-12-4-3-5-19(11-12)6-7-20-2/h8-9,12H,3-7,10-11H2,1-2H3,(H2,15,17). The zero-order valence-corrected chi connectivity index (χ0v) is 12.5. The van der Waals surface area contributed by atoms with E-state index in [1.807, 2.05) is 0 Å². The third kappa shape index (κ3) is 4.31. The molecule has 0 saturated carbocycles. The fourth-order valence-corrected chi connectivity index (χ4v) is 2.76. The van der Waals surface area contributed by atoms with Gasteiger partial charge in [0, 0.05) is 33.8 Å². The predicted molar refractivity (Wildman–Crippen MR) is 80.8 cm³/mol. The van der Waals surface area contributed by atoms with Gasteiger partial charge in [0.25, 0.3) is 0 Å². The van der Waals surface area contributed by atoms with Gasteiger partial charge in [-0.3, -0.25) is 4.98 Å². The molecule has 112 valence electrons. The van der Waals surface area contributed by atoms with Crippen molar-refractivity contribution >= 4 is 11.6 Å². The van der Waals surface area contributed by atoms with Crippen molar-refractivity contribution in [2.75, 3.05) is 57.6 Å². The summed E-state index contributed by atoms with van der Waals surface area (Å²) in [4.78, 5) is 13.0. The van der Waals surface area contributed by atoms with Crippen LogP contribution < -0.4 is 10.6 Å². The summed E-state index contributed by atoms with van der Waals surface area (Å²) in [6.45, 7) is 5.13. The van der Waals surface area contributed by atoms with Gasteiger partial charge in [0.2, 0.25) is 0 Å². The molecule has 1 fully saturated rings. The summed E-state index contributed by atoms with van der Waals surface area (Å²) in [6.07, 6.45) is 5.86. The molecule has 0 bridgehead atoms. The van der Waals surface area contributed by atoms with Gasteiger partial charge in [-0.25, -0.2) is 4.98 Å². The topological polar surface area (TPSA) is 67.5 Å². The van der Waals surface area contributed by atoms with Crippen LogP contribution in [0.4, 0.5) is 11.6 Å². The molecule has 2 N–H and O–H groups in total. The average molecular weight is 279 g/mol. The highest BCUT2D eigenvalue weighted by Gasteiger charge is 2.21. The van der Waals surface area contributed by atoms with E-state index in [-0.39, 0.29) is 0 Å². The van der Waals surface area contributed by atoms with Crippen molar-refractivity contribution in [2.45, 2.75) is 12.8 Å². The van der Waals surface area contributed by atoms with Crippen molar-refractivity contribution in [3.8, 4) is 0 Å². The first kappa shape index (κ1) is 15.0. The molecule has 6 nitrogen and oxygen atoms in total. The highest BCUT2D eigenvalue weighted by atomic mass is 16.5. The summed E-state index contributed by atoms with van der Waals surface area (Å²) in [5, 5.41) is 0. The molecule has 0 aliphatic carbocycles. The monoisotopic (exact) mass is 279 g/mol. The second kappa shape index (κ2) is 7.40. The molecule has 1 saturated heterocycles. The molecule has 0 aromatic carbocycles. The number of hydrogen-bond acceptors (Lipinski definition) is 6. The van der Waals surface area contributed by atoms with E-state index >= 15 is 0 Å². The number of likely N-dealkylation sites (tertiary alicyclic amines) is 1. The maximum Gasteiger partial charge on any atom is 0.149 e. The van der Waals surface area contributed by atoms with E-state index in [4.69, 9.17) is 10.5 Å². The summed E-state index contributed by atoms with van der Waals surface area (Å²) in [7, 11) is 3.81. The quantitative estimate of drug-likeness (QED) is 0.833. The minimum atomic E-state index is 0.472. The fourth-order valence-electron chi connectivity index (χ4n) is 2.76. The number of nitrogen functional groups attached to an aromatic ring is 1. The molecule has 1 unspecified atom stereocenters. The van der Waals surface area contributed by atoms with E-state index in [1.165, 1.54) is 19.4 Å². The lowest BCUT2D eigenvalue weighted by molar-refractivity contribution is 0.116. The summed E-state index contributed by atoms with van der Waals surface area (Å²) in [5.74, 6) is 1.98. The highest BCUT2D eigenvalue weighted by Crippen LogP contribution is 2.19. The lowest BCUT2D eigenvalue weighted by atomic mass is 9.97. The highest BCUT2D eigenvalue weighted by molar-refractivity contribution is 5.40. The Bertz CT molecular complexity index is 414. The van der Waals surface area contributed by atoms with Crippen LogP contribution in [0, 0.1) is 5.92 Å². The van der Waals surface area contributed by atoms with Crippen LogP contribution in [-0.2, 0) is 4.74 Å². The molecule has 2 heterocycles. The number of rotatable bonds is 6. The Morgan fingerprint density at radius 3 is 3.10 bits per heavy atom. The molecule has 0 spiro atoms. The van der Waals surface area contributed by atoms with Crippen LogP contribution in [0.15, 0.2) is 12.4 Å². The van der Waals surface area contributed by atoms with Gasteiger partial charge >= 0.3 is 0 Å². The lowest BCUT2D eigenvalue weighted by Crippen LogP contribution is -2.41. The smallest absolute Gasteiger partial charge is 0.149 e. The molecular weight excluding hydrogens is 254 g/mol. The second-order valence-electron chi connectivity index (χ2n) is 5.48. The van der Waals surface area contributed by atoms with Gasteiger partial charge in [0.1, 0.15) is 11.6 Å². The van der Waals surface area contributed by atoms with Gasteiger partial charge in [-0.2, -0.15) is 0 Å². The molecule has 20 heavy (non-hydrogen) atoms. The number of aromatic nitrogens is 2. The fraction of sp³-hybridized carbons (Fsp3) is 0.714. The third-order valence-electron chi connectivity index (χ3n) is 3.78. The van der Waals surface area contributed by atoms with E-state index in [9.17, 15) is 0 Å². The molecule has 1 aromatic heterocycles. The van der Waals surface area contributed by atoms with Crippen LogP contribution in [0.1, 0.15) is 12.8 Å². The summed E-state index contributed by atoms with van der Waals surface area (Å²) in [6, 6.07) is 0. The Kier molecular flexibility index (Phi) is 5.55. The number of ether oxygens (including phenoxy) is 1. The average Bonchev–Trinajstić information content (AvgIpc) is 2.45. The zero-order chi connectivity index (χ0) is 14.4. The lowest BCUT2D eigenvalue weighted by Gasteiger charge is -2.34. The van der Waals surface area contributed by atoms with E-state index < -0.39 is 0 Å². The van der Waals surface area contributed by atoms with Gasteiger partial charge < -0.3 is 20.3 Å². The first-order valence-electron chi connectivity index (χ1n) is 7.19. The first-order valence-corrected chi connectivity index (χ1v) is 7.19. The molecule has 1 aliphatic rings. The second-order valence-corrected chi connectivity index (χ2v) is 5.48. The number of methoxy groups -OCH3 is 1. The maximum absolute atomic E-state index is 5.68. The zero-order valence-electron chi connectivity index (χ0n) is 12.5. The van der Waals surface area contributed by atoms with Crippen molar-refractivity contribution in [3.63, 3.8) is 0 Å². The molecular formula is C14H25N5O. The number of piperidine rings is 1. The van der Waals surface area contributed by atoms with E-state index in [0.29, 0.717) is 11.7 Å². The molecule has 2 rings (SSSR count). The molecule has 0 radical (unpaired) electrons. The van der Waals surface area contributed by atoms with Crippen LogP contribution in [0.2, 0.25) is 0 Å². The molecule has 6 heteroatoms. The third-order valence-corrected chi connectivity index (χ3v) is 3.78. The van der Waals surface area contributed by atoms with Gasteiger partial charge in [-0.15, -0.1) is 0 Å². The van der Waals surface area contributed by atoms with Crippen molar-refractivity contribution < 1.29 is 4.74 Å². The van der Waals surface area contributed by atoms with Crippen LogP contribution in [0.5, 0.6) is 0 Å². The summed E-state index contributed by atoms with van der Waals surface area (Å²) >= 11 is 0. The van der Waals surface area contributed by atoms with Gasteiger partial charge in [-0.1, -0.05) is 0 Å². The Morgan fingerprint density at radius 2 is 2.35 bits per heavy atom. The minimum absolute atomic E-state index is 0.472. The van der Waals surface area contributed by atoms with E-state index in [2.05, 4.69) is 26.8 Å². The van der Waals surface area contributed by atoms with E-state index in [1.54, 1.807) is 19.5 Å². The van der Waals surface area contributed by atoms with E-state index in [0.717, 1.165) is 32.1 Å². The molecule has 1 aliphatic heterocycles. The van der Waals surface area contributed by atoms with Crippen LogP contribution in [0.3, 0.4) is 0 Å². The van der Waals surface area contributed by atoms with Crippen LogP contribution >= 0.6 is 0 Å². The van der Waals surface area contributed by atoms with Crippen molar-refractivity contribution in [1.29, 1.82) is 0 Å². The normalized spacial score (nSPS) is 20.0. The van der Waals surface area contributed by atoms with Gasteiger partial charge in [-0.05, 0) is 25.3 Å². The largest absolute Gasteiger partial charge is 0.383 e. The van der Waals surface area contributed by atoms with Gasteiger partial charge in [0.05, 0.1) is 19.0 Å². The maximum atomic E-state index is 5.68. The van der Waals surface area contributed by atoms with Gasteiger partial charge in [0.15, 0.2) is 0 Å². The van der Waals surface area contributed by atoms with Crippen molar-refractivity contribution in [2.24, 2.45) is 5.92 Å². The van der Waals surface area contributed by atoms with Crippen molar-refractivity contribution in [1.82, 2.24) is 14.9 Å². The van der Waals surface area contributed by atoms with Crippen molar-refractivity contribution in [3.05, 3.63) is 12.4 Å². The molecule has 1 aromatic rings. The summed E-state index contributed by atoms with van der Waals surface area (Å²) in [5.41, 5.74) is 5.68. The first-order chi connectivity index (χ1) is 9.69. The number of nitrogens with zero attached hydrogens (tertiary/aromatic N) is 4. The Morgan fingerprint density at radius 1 is 1.50 bits per heavy atom. The molecule has 1 atom stereocenters. The minimum Gasteiger partial charge on any atom is -0.383 e. The van der Waals surface area contributed by atoms with Crippen LogP contribution in [0.25, 0.3) is 0 Å². The number of hydrogen-bond donors (Lipinski definition) is 1. The number of nitrogens with two attached hydrogens (primary N) is 1. The Labute approximate surface area is 120 Å².